The van der Waals surface area contributed by atoms with Crippen LogP contribution >= 0.6 is 12.4 Å². The molecule has 0 saturated heterocycles. The minimum absolute atomic E-state index is 0. The number of nitrogens with zero attached hydrogens (tertiary/aromatic N) is 1. The zero-order valence-corrected chi connectivity index (χ0v) is 21.8. The highest BCUT2D eigenvalue weighted by molar-refractivity contribution is 5.85. The Kier molecular flexibility index (Phi) is 28.5. The van der Waals surface area contributed by atoms with E-state index in [9.17, 15) is 0 Å². The van der Waals surface area contributed by atoms with Crippen LogP contribution in [-0.2, 0) is 0 Å². The number of hydrogen-bond acceptors (Lipinski definition) is 1. The fourth-order valence-corrected chi connectivity index (χ4v) is 4.40. The van der Waals surface area contributed by atoms with E-state index in [1.807, 2.05) is 0 Å². The van der Waals surface area contributed by atoms with E-state index < -0.39 is 0 Å². The van der Waals surface area contributed by atoms with Gasteiger partial charge >= 0.3 is 0 Å². The summed E-state index contributed by atoms with van der Waals surface area (Å²) in [4.78, 5) is 2.49. The van der Waals surface area contributed by atoms with Crippen LogP contribution in [0.5, 0.6) is 0 Å². The molecule has 0 aromatic rings. The van der Waals surface area contributed by atoms with Crippen molar-refractivity contribution in [2.45, 2.75) is 161 Å². The molecule has 0 aliphatic heterocycles. The number of halogens is 1. The molecule has 0 atom stereocenters. The van der Waals surface area contributed by atoms with Crippen molar-refractivity contribution in [3.05, 3.63) is 0 Å². The molecule has 0 heterocycles. The summed E-state index contributed by atoms with van der Waals surface area (Å²) in [6.07, 6.45) is 31.8. The van der Waals surface area contributed by atoms with E-state index in [0.717, 1.165) is 6.04 Å². The van der Waals surface area contributed by atoms with Crippen molar-refractivity contribution in [1.82, 2.24) is 4.90 Å². The fraction of sp³-hybridized carbons (Fsp3) is 1.00. The third kappa shape index (κ3) is 24.4. The van der Waals surface area contributed by atoms with Crippen molar-refractivity contribution in [2.24, 2.45) is 0 Å². The van der Waals surface area contributed by atoms with Crippen LogP contribution < -0.4 is 0 Å². The normalized spacial score (nSPS) is 11.4. The summed E-state index contributed by atoms with van der Waals surface area (Å²) < 4.78 is 0. The second-order valence-corrected chi connectivity index (χ2v) is 9.56. The van der Waals surface area contributed by atoms with Gasteiger partial charge in [-0.3, -0.25) is 0 Å². The molecule has 0 amide bonds. The van der Waals surface area contributed by atoms with Gasteiger partial charge in [0.15, 0.2) is 0 Å². The van der Waals surface area contributed by atoms with Gasteiger partial charge in [-0.25, -0.2) is 0 Å². The lowest BCUT2D eigenvalue weighted by Crippen LogP contribution is -2.27. The van der Waals surface area contributed by atoms with Crippen molar-refractivity contribution < 1.29 is 0 Å². The molecule has 0 aromatic carbocycles. The predicted octanol–water partition coefficient (Wildman–Crippen LogP) is 9.96. The molecule has 0 aliphatic carbocycles. The summed E-state index contributed by atoms with van der Waals surface area (Å²) in [5, 5.41) is 0. The molecule has 0 fully saturated rings. The Morgan fingerprint density at radius 2 is 0.655 bits per heavy atom. The number of unbranched alkanes of at least 4 members (excludes halogenated alkanes) is 18. The van der Waals surface area contributed by atoms with Crippen LogP contribution in [-0.4, -0.2) is 25.0 Å². The van der Waals surface area contributed by atoms with Crippen LogP contribution in [0.3, 0.4) is 0 Å². The molecule has 0 aliphatic rings. The molecule has 0 rings (SSSR count). The molecule has 2 heteroatoms. The molecule has 178 valence electrons. The van der Waals surface area contributed by atoms with Gasteiger partial charge in [-0.05, 0) is 26.9 Å². The average Bonchev–Trinajstić information content (AvgIpc) is 2.68. The van der Waals surface area contributed by atoms with Gasteiger partial charge in [0.2, 0.25) is 0 Å². The first kappa shape index (κ1) is 31.4. The van der Waals surface area contributed by atoms with E-state index in [2.05, 4.69) is 32.8 Å². The van der Waals surface area contributed by atoms with Crippen LogP contribution in [0.15, 0.2) is 0 Å². The molecule has 0 aromatic heterocycles. The van der Waals surface area contributed by atoms with Gasteiger partial charge in [0, 0.05) is 6.04 Å². The molecule has 0 unspecified atom stereocenters. The van der Waals surface area contributed by atoms with E-state index >= 15 is 0 Å². The third-order valence-corrected chi connectivity index (χ3v) is 6.51. The molecule has 0 radical (unpaired) electrons. The van der Waals surface area contributed by atoms with E-state index in [1.54, 1.807) is 0 Å². The first-order valence-corrected chi connectivity index (χ1v) is 13.4. The lowest BCUT2D eigenvalue weighted by Gasteiger charge is -2.24. The van der Waals surface area contributed by atoms with Crippen LogP contribution in [0.1, 0.15) is 155 Å². The average molecular weight is 432 g/mol. The molecular formula is C27H58ClN. The lowest BCUT2D eigenvalue weighted by atomic mass is 9.99. The van der Waals surface area contributed by atoms with Crippen molar-refractivity contribution in [1.29, 1.82) is 0 Å². The molecule has 1 nitrogen and oxygen atoms in total. The van der Waals surface area contributed by atoms with Gasteiger partial charge in [-0.2, -0.15) is 0 Å². The van der Waals surface area contributed by atoms with Gasteiger partial charge in [0.05, 0.1) is 0 Å². The molecule has 0 spiro atoms. The quantitative estimate of drug-likeness (QED) is 0.145. The summed E-state index contributed by atoms with van der Waals surface area (Å²) >= 11 is 0. The lowest BCUT2D eigenvalue weighted by molar-refractivity contribution is 0.251. The molecule has 0 N–H and O–H groups in total. The summed E-state index contributed by atoms with van der Waals surface area (Å²) in [5.41, 5.74) is 0. The summed E-state index contributed by atoms with van der Waals surface area (Å²) in [6, 6.07) is 0.822. The second kappa shape index (κ2) is 26.3. The minimum Gasteiger partial charge on any atom is -0.306 e. The van der Waals surface area contributed by atoms with Crippen molar-refractivity contribution in [3.8, 4) is 0 Å². The van der Waals surface area contributed by atoms with E-state index in [0.29, 0.717) is 0 Å². The summed E-state index contributed by atoms with van der Waals surface area (Å²) in [6.45, 7) is 4.61. The Hall–Kier alpha value is 0.250. The Balaban J connectivity index is 0. The minimum atomic E-state index is 0. The first-order valence-electron chi connectivity index (χ1n) is 13.4. The van der Waals surface area contributed by atoms with Crippen molar-refractivity contribution >= 4 is 12.4 Å². The Bertz CT molecular complexity index is 256. The van der Waals surface area contributed by atoms with Gasteiger partial charge in [0.1, 0.15) is 0 Å². The highest BCUT2D eigenvalue weighted by Gasteiger charge is 2.10. The van der Waals surface area contributed by atoms with Crippen LogP contribution in [0.4, 0.5) is 0 Å². The largest absolute Gasteiger partial charge is 0.306 e. The predicted molar refractivity (Wildman–Crippen MR) is 138 cm³/mol. The molecule has 0 saturated carbocycles. The molecule has 0 bridgehead atoms. The summed E-state index contributed by atoms with van der Waals surface area (Å²) in [5.74, 6) is 0. The van der Waals surface area contributed by atoms with Gasteiger partial charge < -0.3 is 4.90 Å². The standard InChI is InChI=1S/C27H57N.ClH/c1-5-7-9-11-13-15-17-19-21-23-25-27(28(3)4)26-24-22-20-18-16-14-12-10-8-6-2;/h27H,5-26H2,1-4H3;1H. The fourth-order valence-electron chi connectivity index (χ4n) is 4.40. The van der Waals surface area contributed by atoms with Crippen LogP contribution in [0.2, 0.25) is 0 Å². The Labute approximate surface area is 192 Å². The van der Waals surface area contributed by atoms with Crippen LogP contribution in [0.25, 0.3) is 0 Å². The summed E-state index contributed by atoms with van der Waals surface area (Å²) in [7, 11) is 4.58. The van der Waals surface area contributed by atoms with Gasteiger partial charge in [-0.1, -0.05) is 142 Å². The van der Waals surface area contributed by atoms with Crippen molar-refractivity contribution in [2.75, 3.05) is 14.1 Å². The van der Waals surface area contributed by atoms with Crippen molar-refractivity contribution in [3.63, 3.8) is 0 Å². The van der Waals surface area contributed by atoms with Gasteiger partial charge in [0.25, 0.3) is 0 Å². The Morgan fingerprint density at radius 1 is 0.414 bits per heavy atom. The number of rotatable bonds is 23. The maximum Gasteiger partial charge on any atom is 0.00891 e. The number of hydrogen-bond donors (Lipinski definition) is 0. The Morgan fingerprint density at radius 3 is 0.897 bits per heavy atom. The maximum absolute atomic E-state index is 2.49. The zero-order chi connectivity index (χ0) is 20.7. The van der Waals surface area contributed by atoms with Crippen LogP contribution in [0, 0.1) is 0 Å². The monoisotopic (exact) mass is 431 g/mol. The SMILES string of the molecule is CCCCCCCCCCCCC(CCCCCCCCCCCC)N(C)C.Cl. The van der Waals surface area contributed by atoms with Gasteiger partial charge in [-0.15, -0.1) is 12.4 Å². The third-order valence-electron chi connectivity index (χ3n) is 6.51. The van der Waals surface area contributed by atoms with E-state index in [-0.39, 0.29) is 12.4 Å². The molecule has 29 heavy (non-hydrogen) atoms. The highest BCUT2D eigenvalue weighted by Crippen LogP contribution is 2.18. The molecular weight excluding hydrogens is 374 g/mol. The maximum atomic E-state index is 2.49. The van der Waals surface area contributed by atoms with E-state index in [4.69, 9.17) is 0 Å². The first-order chi connectivity index (χ1) is 13.7. The highest BCUT2D eigenvalue weighted by atomic mass is 35.5. The van der Waals surface area contributed by atoms with E-state index in [1.165, 1.54) is 141 Å². The topological polar surface area (TPSA) is 3.24 Å². The zero-order valence-electron chi connectivity index (χ0n) is 21.0. The second-order valence-electron chi connectivity index (χ2n) is 9.56. The smallest absolute Gasteiger partial charge is 0.00891 e.